The standard InChI is InChI=1S/C15H18N2O/c16-10-15(6-7-15)13-3-1-11(2-4-13)14(18)12-5-8-17-9-12/h1-5,8-9,14,17-18H,6-7,10,16H2. The highest BCUT2D eigenvalue weighted by atomic mass is 16.3. The molecule has 1 aromatic carbocycles. The van der Waals surface area contributed by atoms with Gasteiger partial charge in [-0.25, -0.2) is 0 Å². The second-order valence-electron chi connectivity index (χ2n) is 5.15. The van der Waals surface area contributed by atoms with Crippen molar-refractivity contribution in [3.63, 3.8) is 0 Å². The maximum Gasteiger partial charge on any atom is 0.105 e. The summed E-state index contributed by atoms with van der Waals surface area (Å²) in [4.78, 5) is 2.96. The summed E-state index contributed by atoms with van der Waals surface area (Å²) in [6.07, 6.45) is 5.45. The van der Waals surface area contributed by atoms with Crippen LogP contribution in [0.2, 0.25) is 0 Å². The van der Waals surface area contributed by atoms with Gasteiger partial charge in [-0.05, 0) is 30.0 Å². The summed E-state index contributed by atoms with van der Waals surface area (Å²) in [5.41, 5.74) is 9.16. The molecule has 1 unspecified atom stereocenters. The first kappa shape index (κ1) is 11.5. The maximum atomic E-state index is 10.2. The van der Waals surface area contributed by atoms with Crippen LogP contribution in [0.15, 0.2) is 42.7 Å². The summed E-state index contributed by atoms with van der Waals surface area (Å²) < 4.78 is 0. The molecule has 0 saturated heterocycles. The number of hydrogen-bond acceptors (Lipinski definition) is 2. The smallest absolute Gasteiger partial charge is 0.105 e. The Labute approximate surface area is 107 Å². The Balaban J connectivity index is 1.83. The van der Waals surface area contributed by atoms with Gasteiger partial charge in [0.15, 0.2) is 0 Å². The highest BCUT2D eigenvalue weighted by molar-refractivity contribution is 5.37. The Morgan fingerprint density at radius 1 is 1.17 bits per heavy atom. The van der Waals surface area contributed by atoms with Crippen LogP contribution in [-0.4, -0.2) is 16.6 Å². The fourth-order valence-electron chi connectivity index (χ4n) is 2.48. The van der Waals surface area contributed by atoms with E-state index in [0.717, 1.165) is 11.1 Å². The van der Waals surface area contributed by atoms with Crippen LogP contribution in [-0.2, 0) is 5.41 Å². The monoisotopic (exact) mass is 242 g/mol. The number of rotatable bonds is 4. The fraction of sp³-hybridized carbons (Fsp3) is 0.333. The summed E-state index contributed by atoms with van der Waals surface area (Å²) in [5.74, 6) is 0. The van der Waals surface area contributed by atoms with Gasteiger partial charge in [0.1, 0.15) is 6.10 Å². The van der Waals surface area contributed by atoms with Crippen molar-refractivity contribution in [3.05, 3.63) is 59.4 Å². The second-order valence-corrected chi connectivity index (χ2v) is 5.15. The molecule has 1 aliphatic rings. The molecule has 2 aromatic rings. The number of aliphatic hydroxyl groups excluding tert-OH is 1. The highest BCUT2D eigenvalue weighted by Crippen LogP contribution is 2.47. The van der Waals surface area contributed by atoms with Crippen molar-refractivity contribution in [2.75, 3.05) is 6.54 Å². The van der Waals surface area contributed by atoms with E-state index in [1.165, 1.54) is 18.4 Å². The molecule has 3 rings (SSSR count). The van der Waals surface area contributed by atoms with Crippen LogP contribution in [0, 0.1) is 0 Å². The molecular weight excluding hydrogens is 224 g/mol. The minimum atomic E-state index is -0.557. The minimum Gasteiger partial charge on any atom is -0.384 e. The molecule has 0 spiro atoms. The van der Waals surface area contributed by atoms with Crippen LogP contribution < -0.4 is 5.73 Å². The Morgan fingerprint density at radius 2 is 1.89 bits per heavy atom. The van der Waals surface area contributed by atoms with E-state index in [2.05, 4.69) is 17.1 Å². The molecular formula is C15H18N2O. The van der Waals surface area contributed by atoms with Gasteiger partial charge in [-0.15, -0.1) is 0 Å². The molecule has 1 heterocycles. The van der Waals surface area contributed by atoms with Crippen molar-refractivity contribution in [1.82, 2.24) is 4.98 Å². The van der Waals surface area contributed by atoms with Crippen LogP contribution in [0.25, 0.3) is 0 Å². The minimum absolute atomic E-state index is 0.220. The number of aromatic nitrogens is 1. The average Bonchev–Trinajstić information content (AvgIpc) is 3.04. The first-order chi connectivity index (χ1) is 8.75. The topological polar surface area (TPSA) is 62.0 Å². The van der Waals surface area contributed by atoms with Crippen molar-refractivity contribution < 1.29 is 5.11 Å². The SMILES string of the molecule is NCC1(c2ccc(C(O)c3cc[nH]c3)cc2)CC1. The zero-order chi connectivity index (χ0) is 12.6. The molecule has 3 nitrogen and oxygen atoms in total. The van der Waals surface area contributed by atoms with Gasteiger partial charge in [-0.1, -0.05) is 24.3 Å². The zero-order valence-corrected chi connectivity index (χ0v) is 10.3. The first-order valence-electron chi connectivity index (χ1n) is 6.36. The van der Waals surface area contributed by atoms with E-state index in [1.54, 1.807) is 0 Å². The summed E-state index contributed by atoms with van der Waals surface area (Å²) in [6.45, 7) is 0.715. The van der Waals surface area contributed by atoms with Crippen molar-refractivity contribution in [1.29, 1.82) is 0 Å². The van der Waals surface area contributed by atoms with E-state index in [0.29, 0.717) is 6.54 Å². The molecule has 1 fully saturated rings. The first-order valence-corrected chi connectivity index (χ1v) is 6.36. The van der Waals surface area contributed by atoms with Crippen molar-refractivity contribution in [2.45, 2.75) is 24.4 Å². The molecule has 94 valence electrons. The summed E-state index contributed by atoms with van der Waals surface area (Å²) in [6, 6.07) is 10.1. The lowest BCUT2D eigenvalue weighted by Crippen LogP contribution is -2.19. The zero-order valence-electron chi connectivity index (χ0n) is 10.3. The largest absolute Gasteiger partial charge is 0.384 e. The van der Waals surface area contributed by atoms with E-state index < -0.39 is 6.10 Å². The van der Waals surface area contributed by atoms with Crippen LogP contribution >= 0.6 is 0 Å². The second kappa shape index (κ2) is 4.26. The average molecular weight is 242 g/mol. The van der Waals surface area contributed by atoms with Crippen LogP contribution in [0.4, 0.5) is 0 Å². The molecule has 0 amide bonds. The van der Waals surface area contributed by atoms with Gasteiger partial charge in [0, 0.05) is 29.9 Å². The fourth-order valence-corrected chi connectivity index (χ4v) is 2.48. The number of benzene rings is 1. The molecule has 4 N–H and O–H groups in total. The van der Waals surface area contributed by atoms with Gasteiger partial charge in [0.05, 0.1) is 0 Å². The number of H-pyrrole nitrogens is 1. The molecule has 0 aliphatic heterocycles. The van der Waals surface area contributed by atoms with Crippen LogP contribution in [0.5, 0.6) is 0 Å². The van der Waals surface area contributed by atoms with E-state index in [4.69, 9.17) is 5.73 Å². The molecule has 0 radical (unpaired) electrons. The lowest BCUT2D eigenvalue weighted by Gasteiger charge is -2.15. The summed E-state index contributed by atoms with van der Waals surface area (Å²) in [5, 5.41) is 10.2. The molecule has 1 aromatic heterocycles. The van der Waals surface area contributed by atoms with Crippen LogP contribution in [0.3, 0.4) is 0 Å². The number of aromatic amines is 1. The molecule has 1 atom stereocenters. The predicted molar refractivity (Wildman–Crippen MR) is 71.3 cm³/mol. The van der Waals surface area contributed by atoms with Gasteiger partial charge in [0.2, 0.25) is 0 Å². The number of nitrogens with one attached hydrogen (secondary N) is 1. The number of aliphatic hydroxyl groups is 1. The summed E-state index contributed by atoms with van der Waals surface area (Å²) in [7, 11) is 0. The Bertz CT molecular complexity index is 512. The third kappa shape index (κ3) is 1.85. The van der Waals surface area contributed by atoms with E-state index >= 15 is 0 Å². The number of nitrogens with two attached hydrogens (primary N) is 1. The summed E-state index contributed by atoms with van der Waals surface area (Å²) >= 11 is 0. The highest BCUT2D eigenvalue weighted by Gasteiger charge is 2.42. The van der Waals surface area contributed by atoms with Gasteiger partial charge in [-0.3, -0.25) is 0 Å². The molecule has 1 aliphatic carbocycles. The van der Waals surface area contributed by atoms with Gasteiger partial charge in [-0.2, -0.15) is 0 Å². The van der Waals surface area contributed by atoms with Gasteiger partial charge in [0.25, 0.3) is 0 Å². The normalized spacial score (nSPS) is 18.6. The van der Waals surface area contributed by atoms with E-state index in [9.17, 15) is 5.11 Å². The Kier molecular flexibility index (Phi) is 2.73. The molecule has 3 heteroatoms. The third-order valence-corrected chi connectivity index (χ3v) is 4.02. The quantitative estimate of drug-likeness (QED) is 0.768. The number of hydrogen-bond donors (Lipinski definition) is 3. The molecule has 18 heavy (non-hydrogen) atoms. The van der Waals surface area contributed by atoms with Gasteiger partial charge >= 0.3 is 0 Å². The Hall–Kier alpha value is -1.58. The van der Waals surface area contributed by atoms with Crippen molar-refractivity contribution >= 4 is 0 Å². The van der Waals surface area contributed by atoms with E-state index in [1.807, 2.05) is 30.6 Å². The molecule has 1 saturated carbocycles. The maximum absolute atomic E-state index is 10.2. The lowest BCUT2D eigenvalue weighted by atomic mass is 9.93. The van der Waals surface area contributed by atoms with Gasteiger partial charge < -0.3 is 15.8 Å². The van der Waals surface area contributed by atoms with Crippen LogP contribution in [0.1, 0.15) is 35.6 Å². The predicted octanol–water partition coefficient (Wildman–Crippen LogP) is 2.09. The van der Waals surface area contributed by atoms with Crippen molar-refractivity contribution in [3.8, 4) is 0 Å². The van der Waals surface area contributed by atoms with E-state index in [-0.39, 0.29) is 5.41 Å². The Morgan fingerprint density at radius 3 is 2.39 bits per heavy atom. The van der Waals surface area contributed by atoms with Crippen molar-refractivity contribution in [2.24, 2.45) is 5.73 Å². The molecule has 0 bridgehead atoms. The lowest BCUT2D eigenvalue weighted by molar-refractivity contribution is 0.220. The third-order valence-electron chi connectivity index (χ3n) is 4.02.